The first-order chi connectivity index (χ1) is 13.3. The monoisotopic (exact) mass is 441 g/mol. The van der Waals surface area contributed by atoms with E-state index in [2.05, 4.69) is 20.2 Å². The van der Waals surface area contributed by atoms with Gasteiger partial charge in [0.1, 0.15) is 5.02 Å². The number of piperidine rings is 1. The van der Waals surface area contributed by atoms with Crippen molar-refractivity contribution >= 4 is 52.1 Å². The van der Waals surface area contributed by atoms with Gasteiger partial charge in [-0.25, -0.2) is 4.68 Å². The molecule has 3 fully saturated rings. The van der Waals surface area contributed by atoms with E-state index >= 15 is 0 Å². The average Bonchev–Trinajstić information content (AvgIpc) is 2.67. The van der Waals surface area contributed by atoms with Crippen molar-refractivity contribution in [1.82, 2.24) is 14.7 Å². The molecule has 148 valence electrons. The Bertz CT molecular complexity index is 984. The van der Waals surface area contributed by atoms with Crippen molar-refractivity contribution in [1.29, 1.82) is 0 Å². The van der Waals surface area contributed by atoms with Crippen LogP contribution in [0.1, 0.15) is 6.42 Å². The highest BCUT2D eigenvalue weighted by Crippen LogP contribution is 2.36. The fourth-order valence-electron chi connectivity index (χ4n) is 3.81. The number of rotatable bonds is 4. The maximum atomic E-state index is 12.5. The maximum absolute atomic E-state index is 12.5. The number of nitrogens with one attached hydrogen (secondary N) is 1. The standard InChI is InChI=1S/C18H18Cl3N5O2/c1-24-18(28)17(21)15(6-22-24)25-7-11-5-12(8-25)26(11)9-16(27)23-14-4-10(19)2-3-13(14)20/h2-4,6,11-12H,5,7-9H2,1H3,(H,23,27). The molecule has 7 nitrogen and oxygen atoms in total. The summed E-state index contributed by atoms with van der Waals surface area (Å²) in [5.41, 5.74) is 0.840. The van der Waals surface area contributed by atoms with Crippen molar-refractivity contribution in [2.24, 2.45) is 7.05 Å². The van der Waals surface area contributed by atoms with Gasteiger partial charge in [0.2, 0.25) is 5.91 Å². The van der Waals surface area contributed by atoms with Gasteiger partial charge in [0.05, 0.1) is 29.1 Å². The lowest BCUT2D eigenvalue weighted by Crippen LogP contribution is -2.69. The molecule has 2 unspecified atom stereocenters. The lowest BCUT2D eigenvalue weighted by atomic mass is 9.87. The zero-order valence-corrected chi connectivity index (χ0v) is 17.3. The third kappa shape index (κ3) is 3.59. The molecule has 0 radical (unpaired) electrons. The molecule has 1 aromatic carbocycles. The van der Waals surface area contributed by atoms with Crippen molar-refractivity contribution in [3.63, 3.8) is 0 Å². The molecule has 2 aromatic rings. The number of benzene rings is 1. The summed E-state index contributed by atoms with van der Waals surface area (Å²) in [4.78, 5) is 28.7. The molecule has 0 saturated carbocycles. The highest BCUT2D eigenvalue weighted by atomic mass is 35.5. The minimum Gasteiger partial charge on any atom is -0.366 e. The summed E-state index contributed by atoms with van der Waals surface area (Å²) < 4.78 is 1.22. The van der Waals surface area contributed by atoms with Crippen molar-refractivity contribution in [2.45, 2.75) is 18.5 Å². The van der Waals surface area contributed by atoms with Gasteiger partial charge in [-0.2, -0.15) is 5.10 Å². The molecule has 3 saturated heterocycles. The molecular formula is C18H18Cl3N5O2. The SMILES string of the molecule is Cn1ncc(N2CC3CC(C2)N3CC(=O)Nc2cc(Cl)ccc2Cl)c(Cl)c1=O. The number of nitrogens with zero attached hydrogens (tertiary/aromatic N) is 4. The number of hydrogen-bond acceptors (Lipinski definition) is 5. The Morgan fingerprint density at radius 3 is 2.68 bits per heavy atom. The lowest BCUT2D eigenvalue weighted by molar-refractivity contribution is -0.121. The number of amides is 1. The van der Waals surface area contributed by atoms with E-state index in [4.69, 9.17) is 34.8 Å². The van der Waals surface area contributed by atoms with Crippen molar-refractivity contribution < 1.29 is 4.79 Å². The van der Waals surface area contributed by atoms with Crippen molar-refractivity contribution in [3.05, 3.63) is 49.8 Å². The smallest absolute Gasteiger partial charge is 0.287 e. The Labute approximate surface area is 176 Å². The van der Waals surface area contributed by atoms with E-state index < -0.39 is 0 Å². The van der Waals surface area contributed by atoms with E-state index in [9.17, 15) is 9.59 Å². The van der Waals surface area contributed by atoms with Crippen LogP contribution in [0.5, 0.6) is 0 Å². The molecule has 0 spiro atoms. The van der Waals surface area contributed by atoms with Crippen LogP contribution in [-0.4, -0.2) is 52.3 Å². The molecule has 3 aliphatic heterocycles. The van der Waals surface area contributed by atoms with Gasteiger partial charge in [0.25, 0.3) is 5.56 Å². The molecular weight excluding hydrogens is 425 g/mol. The second-order valence-electron chi connectivity index (χ2n) is 7.07. The molecule has 5 rings (SSSR count). The Morgan fingerprint density at radius 1 is 1.25 bits per heavy atom. The number of carbonyl (C=O) groups excluding carboxylic acids is 1. The molecule has 4 heterocycles. The van der Waals surface area contributed by atoms with Crippen LogP contribution in [0.25, 0.3) is 0 Å². The third-order valence-electron chi connectivity index (χ3n) is 5.27. The lowest BCUT2D eigenvalue weighted by Gasteiger charge is -2.56. The number of anilines is 2. The van der Waals surface area contributed by atoms with E-state index in [1.54, 1.807) is 31.4 Å². The summed E-state index contributed by atoms with van der Waals surface area (Å²) in [6.07, 6.45) is 2.63. The van der Waals surface area contributed by atoms with E-state index in [1.807, 2.05) is 0 Å². The first kappa shape index (κ1) is 19.5. The van der Waals surface area contributed by atoms with Gasteiger partial charge in [-0.3, -0.25) is 14.5 Å². The molecule has 2 bridgehead atoms. The Balaban J connectivity index is 1.40. The number of halogens is 3. The molecule has 2 atom stereocenters. The van der Waals surface area contributed by atoms with E-state index in [-0.39, 0.29) is 35.1 Å². The van der Waals surface area contributed by atoms with Crippen LogP contribution in [0.4, 0.5) is 11.4 Å². The van der Waals surface area contributed by atoms with Crippen LogP contribution < -0.4 is 15.8 Å². The number of aryl methyl sites for hydroxylation is 1. The topological polar surface area (TPSA) is 70.5 Å². The summed E-state index contributed by atoms with van der Waals surface area (Å²) in [6.45, 7) is 1.65. The summed E-state index contributed by atoms with van der Waals surface area (Å²) in [5, 5.41) is 8.01. The predicted molar refractivity (Wildman–Crippen MR) is 111 cm³/mol. The fourth-order valence-corrected chi connectivity index (χ4v) is 4.44. The number of carbonyl (C=O) groups is 1. The summed E-state index contributed by atoms with van der Waals surface area (Å²) in [7, 11) is 1.57. The van der Waals surface area contributed by atoms with Crippen molar-refractivity contribution in [2.75, 3.05) is 29.9 Å². The molecule has 1 amide bonds. The largest absolute Gasteiger partial charge is 0.366 e. The average molecular weight is 443 g/mol. The second-order valence-corrected chi connectivity index (χ2v) is 8.29. The Kier molecular flexibility index (Phi) is 5.26. The molecule has 0 aliphatic carbocycles. The van der Waals surface area contributed by atoms with Crippen LogP contribution in [-0.2, 0) is 11.8 Å². The molecule has 1 N–H and O–H groups in total. The number of piperazine rings is 1. The van der Waals surface area contributed by atoms with E-state index in [0.29, 0.717) is 34.5 Å². The molecule has 10 heteroatoms. The number of hydrogen-bond donors (Lipinski definition) is 1. The van der Waals surface area contributed by atoms with Gasteiger partial charge in [-0.1, -0.05) is 34.8 Å². The first-order valence-electron chi connectivity index (χ1n) is 8.81. The van der Waals surface area contributed by atoms with Gasteiger partial charge in [-0.05, 0) is 24.6 Å². The van der Waals surface area contributed by atoms with Crippen LogP contribution in [0, 0.1) is 0 Å². The first-order valence-corrected chi connectivity index (χ1v) is 9.94. The summed E-state index contributed by atoms with van der Waals surface area (Å²) in [6, 6.07) is 5.40. The van der Waals surface area contributed by atoms with Gasteiger partial charge in [0, 0.05) is 37.2 Å². The minimum atomic E-state index is -0.312. The normalized spacial score (nSPS) is 21.4. The predicted octanol–water partition coefficient (Wildman–Crippen LogP) is 2.64. The van der Waals surface area contributed by atoms with Gasteiger partial charge < -0.3 is 10.2 Å². The quantitative estimate of drug-likeness (QED) is 0.788. The summed E-state index contributed by atoms with van der Waals surface area (Å²) in [5.74, 6) is -0.138. The second kappa shape index (κ2) is 7.55. The Hall–Kier alpha value is -1.80. The van der Waals surface area contributed by atoms with Gasteiger partial charge >= 0.3 is 0 Å². The van der Waals surface area contributed by atoms with Crippen LogP contribution in [0.15, 0.2) is 29.2 Å². The Morgan fingerprint density at radius 2 is 1.96 bits per heavy atom. The number of aromatic nitrogens is 2. The van der Waals surface area contributed by atoms with Gasteiger partial charge in [-0.15, -0.1) is 0 Å². The maximum Gasteiger partial charge on any atom is 0.287 e. The molecule has 3 aliphatic rings. The highest BCUT2D eigenvalue weighted by molar-refractivity contribution is 6.35. The zero-order valence-electron chi connectivity index (χ0n) is 15.0. The van der Waals surface area contributed by atoms with Crippen LogP contribution >= 0.6 is 34.8 Å². The minimum absolute atomic E-state index is 0.138. The van der Waals surface area contributed by atoms with Crippen LogP contribution in [0.2, 0.25) is 15.1 Å². The highest BCUT2D eigenvalue weighted by Gasteiger charge is 2.45. The zero-order chi connectivity index (χ0) is 20.0. The van der Waals surface area contributed by atoms with E-state index in [0.717, 1.165) is 6.42 Å². The van der Waals surface area contributed by atoms with Crippen molar-refractivity contribution in [3.8, 4) is 0 Å². The van der Waals surface area contributed by atoms with Crippen LogP contribution in [0.3, 0.4) is 0 Å². The summed E-state index contributed by atoms with van der Waals surface area (Å²) >= 11 is 18.3. The number of fused-ring (bicyclic) bond motifs is 2. The van der Waals surface area contributed by atoms with Gasteiger partial charge in [0.15, 0.2) is 0 Å². The molecule has 1 aromatic heterocycles. The third-order valence-corrected chi connectivity index (χ3v) is 6.19. The fraction of sp³-hybridized carbons (Fsp3) is 0.389. The van der Waals surface area contributed by atoms with E-state index in [1.165, 1.54) is 4.68 Å². The molecule has 28 heavy (non-hydrogen) atoms.